The monoisotopic (exact) mass is 406 g/mol. The fraction of sp³-hybridized carbons (Fsp3) is 0.591. The van der Waals surface area contributed by atoms with Gasteiger partial charge in [-0.15, -0.1) is 0 Å². The van der Waals surface area contributed by atoms with E-state index in [1.54, 1.807) is 23.1 Å². The highest BCUT2D eigenvalue weighted by atomic mass is 16.5. The van der Waals surface area contributed by atoms with E-state index >= 15 is 0 Å². The zero-order chi connectivity index (χ0) is 22.3. The highest BCUT2D eigenvalue weighted by molar-refractivity contribution is 6.01. The molecule has 0 radical (unpaired) electrons. The highest BCUT2D eigenvalue weighted by Crippen LogP contribution is 2.23. The largest absolute Gasteiger partial charge is 0.496 e. The second-order valence-corrected chi connectivity index (χ2v) is 7.67. The molecule has 0 unspecified atom stereocenters. The summed E-state index contributed by atoms with van der Waals surface area (Å²) in [6.45, 7) is 11.6. The number of methoxy groups -OCH3 is 2. The lowest BCUT2D eigenvalue weighted by Gasteiger charge is -2.31. The molecule has 0 bridgehead atoms. The lowest BCUT2D eigenvalue weighted by Crippen LogP contribution is -2.45. The van der Waals surface area contributed by atoms with Gasteiger partial charge in [0.2, 0.25) is 0 Å². The van der Waals surface area contributed by atoms with E-state index in [2.05, 4.69) is 5.32 Å². The second kappa shape index (κ2) is 10.8. The summed E-state index contributed by atoms with van der Waals surface area (Å²) in [5.41, 5.74) is 0.689. The molecule has 0 heterocycles. The lowest BCUT2D eigenvalue weighted by atomic mass is 9.98. The zero-order valence-corrected chi connectivity index (χ0v) is 18.7. The molecule has 1 rings (SSSR count). The Balaban J connectivity index is 3.20. The predicted octanol–water partition coefficient (Wildman–Crippen LogP) is 3.27. The Kier molecular flexibility index (Phi) is 9.14. The third kappa shape index (κ3) is 5.95. The van der Waals surface area contributed by atoms with Crippen LogP contribution in [0.5, 0.6) is 5.75 Å². The van der Waals surface area contributed by atoms with Crippen molar-refractivity contribution in [2.45, 2.75) is 66.1 Å². The first-order valence-corrected chi connectivity index (χ1v) is 9.98. The number of amides is 2. The Morgan fingerprint density at radius 1 is 1.03 bits per heavy atom. The molecule has 29 heavy (non-hydrogen) atoms. The first kappa shape index (κ1) is 24.5. The van der Waals surface area contributed by atoms with E-state index in [0.717, 1.165) is 0 Å². The quantitative estimate of drug-likeness (QED) is 0.636. The molecule has 2 amide bonds. The van der Waals surface area contributed by atoms with Gasteiger partial charge in [0.15, 0.2) is 0 Å². The van der Waals surface area contributed by atoms with Gasteiger partial charge in [-0.25, -0.2) is 4.79 Å². The Hall–Kier alpha value is -2.57. The number of nitrogens with zero attached hydrogens (tertiary/aromatic N) is 1. The van der Waals surface area contributed by atoms with E-state index in [0.29, 0.717) is 12.0 Å². The molecule has 1 aromatic carbocycles. The molecule has 1 aromatic rings. The molecule has 0 aliphatic carbocycles. The van der Waals surface area contributed by atoms with Crippen LogP contribution in [0.25, 0.3) is 0 Å². The molecule has 0 aliphatic heterocycles. The number of benzene rings is 1. The zero-order valence-electron chi connectivity index (χ0n) is 18.7. The number of hydrogen-bond donors (Lipinski definition) is 1. The third-order valence-corrected chi connectivity index (χ3v) is 4.99. The Morgan fingerprint density at radius 3 is 2.07 bits per heavy atom. The van der Waals surface area contributed by atoms with Crippen molar-refractivity contribution in [1.82, 2.24) is 10.2 Å². The topological polar surface area (TPSA) is 84.9 Å². The molecule has 1 N–H and O–H groups in total. The van der Waals surface area contributed by atoms with E-state index in [9.17, 15) is 14.4 Å². The standard InChI is InChI=1S/C22H34N2O5/c1-9-15(6)19(22(27)29-8)23-20(25)17-11-10-16(12-18(17)28-7)21(26)24(13(2)3)14(4)5/h10-15,19H,9H2,1-8H3,(H,23,25)/t15-,19+/m1/s1. The molecule has 7 heteroatoms. The maximum absolute atomic E-state index is 12.9. The normalized spacial score (nSPS) is 13.0. The maximum atomic E-state index is 12.9. The summed E-state index contributed by atoms with van der Waals surface area (Å²) in [4.78, 5) is 39.6. The first-order valence-electron chi connectivity index (χ1n) is 9.98. The molecule has 0 fully saturated rings. The third-order valence-electron chi connectivity index (χ3n) is 4.99. The summed E-state index contributed by atoms with van der Waals surface area (Å²) in [7, 11) is 2.73. The first-order chi connectivity index (χ1) is 13.6. The Morgan fingerprint density at radius 2 is 1.62 bits per heavy atom. The van der Waals surface area contributed by atoms with Crippen molar-refractivity contribution < 1.29 is 23.9 Å². The smallest absolute Gasteiger partial charge is 0.328 e. The van der Waals surface area contributed by atoms with Gasteiger partial charge >= 0.3 is 5.97 Å². The van der Waals surface area contributed by atoms with E-state index < -0.39 is 17.9 Å². The predicted molar refractivity (Wildman–Crippen MR) is 112 cm³/mol. The molecule has 2 atom stereocenters. The van der Waals surface area contributed by atoms with Crippen LogP contribution in [0.15, 0.2) is 18.2 Å². The molecular weight excluding hydrogens is 372 g/mol. The van der Waals surface area contributed by atoms with Crippen molar-refractivity contribution in [3.05, 3.63) is 29.3 Å². The van der Waals surface area contributed by atoms with Crippen molar-refractivity contribution in [3.63, 3.8) is 0 Å². The highest BCUT2D eigenvalue weighted by Gasteiger charge is 2.29. The van der Waals surface area contributed by atoms with Gasteiger partial charge < -0.3 is 19.7 Å². The SMILES string of the molecule is CC[C@@H](C)[C@H](NC(=O)c1ccc(C(=O)N(C(C)C)C(C)C)cc1OC)C(=O)OC. The molecule has 7 nitrogen and oxygen atoms in total. The van der Waals surface area contributed by atoms with Crippen LogP contribution in [0.3, 0.4) is 0 Å². The van der Waals surface area contributed by atoms with Crippen molar-refractivity contribution in [2.75, 3.05) is 14.2 Å². The van der Waals surface area contributed by atoms with Crippen LogP contribution in [0, 0.1) is 5.92 Å². The molecule has 0 saturated carbocycles. The number of carbonyl (C=O) groups excluding carboxylic acids is 3. The summed E-state index contributed by atoms with van der Waals surface area (Å²) in [5.74, 6) is -0.908. The average Bonchev–Trinajstić information content (AvgIpc) is 2.69. The Labute approximate surface area is 173 Å². The molecule has 0 aromatic heterocycles. The second-order valence-electron chi connectivity index (χ2n) is 7.67. The fourth-order valence-corrected chi connectivity index (χ4v) is 3.24. The number of hydrogen-bond acceptors (Lipinski definition) is 5. The number of carbonyl (C=O) groups is 3. The van der Waals surface area contributed by atoms with E-state index in [-0.39, 0.29) is 35.2 Å². The van der Waals surface area contributed by atoms with Crippen molar-refractivity contribution in [3.8, 4) is 5.75 Å². The van der Waals surface area contributed by atoms with Crippen LogP contribution >= 0.6 is 0 Å². The van der Waals surface area contributed by atoms with Crippen LogP contribution in [-0.4, -0.2) is 55.0 Å². The minimum Gasteiger partial charge on any atom is -0.496 e. The molecule has 0 aliphatic rings. The fourth-order valence-electron chi connectivity index (χ4n) is 3.24. The number of esters is 1. The van der Waals surface area contributed by atoms with Crippen LogP contribution < -0.4 is 10.1 Å². The van der Waals surface area contributed by atoms with Crippen molar-refractivity contribution >= 4 is 17.8 Å². The van der Waals surface area contributed by atoms with Crippen LogP contribution in [0.2, 0.25) is 0 Å². The lowest BCUT2D eigenvalue weighted by molar-refractivity contribution is -0.144. The van der Waals surface area contributed by atoms with Crippen LogP contribution in [-0.2, 0) is 9.53 Å². The van der Waals surface area contributed by atoms with Crippen molar-refractivity contribution in [1.29, 1.82) is 0 Å². The van der Waals surface area contributed by atoms with Gasteiger partial charge in [0.05, 0.1) is 19.8 Å². The van der Waals surface area contributed by atoms with E-state index in [4.69, 9.17) is 9.47 Å². The molecule has 0 saturated heterocycles. The molecule has 162 valence electrons. The van der Waals surface area contributed by atoms with Gasteiger partial charge in [0.1, 0.15) is 11.8 Å². The minimum absolute atomic E-state index is 0.0350. The van der Waals surface area contributed by atoms with Gasteiger partial charge in [-0.1, -0.05) is 20.3 Å². The summed E-state index contributed by atoms with van der Waals surface area (Å²) in [6, 6.07) is 4.02. The number of rotatable bonds is 9. The molecule has 0 spiro atoms. The average molecular weight is 407 g/mol. The molecular formula is C22H34N2O5. The summed E-state index contributed by atoms with van der Waals surface area (Å²) >= 11 is 0. The minimum atomic E-state index is -0.763. The van der Waals surface area contributed by atoms with Crippen molar-refractivity contribution in [2.24, 2.45) is 5.92 Å². The van der Waals surface area contributed by atoms with Crippen LogP contribution in [0.4, 0.5) is 0 Å². The summed E-state index contributed by atoms with van der Waals surface area (Å²) in [6.07, 6.45) is 0.699. The summed E-state index contributed by atoms with van der Waals surface area (Å²) in [5, 5.41) is 2.73. The van der Waals surface area contributed by atoms with Gasteiger partial charge in [0, 0.05) is 17.6 Å². The van der Waals surface area contributed by atoms with E-state index in [1.807, 2.05) is 41.5 Å². The summed E-state index contributed by atoms with van der Waals surface area (Å²) < 4.78 is 10.2. The van der Waals surface area contributed by atoms with Gasteiger partial charge in [-0.2, -0.15) is 0 Å². The van der Waals surface area contributed by atoms with Gasteiger partial charge in [-0.3, -0.25) is 9.59 Å². The van der Waals surface area contributed by atoms with Crippen LogP contribution in [0.1, 0.15) is 68.7 Å². The Bertz CT molecular complexity index is 722. The number of ether oxygens (including phenoxy) is 2. The maximum Gasteiger partial charge on any atom is 0.328 e. The van der Waals surface area contributed by atoms with Gasteiger partial charge in [0.25, 0.3) is 11.8 Å². The number of nitrogens with one attached hydrogen (secondary N) is 1. The van der Waals surface area contributed by atoms with Gasteiger partial charge in [-0.05, 0) is 51.8 Å². The van der Waals surface area contributed by atoms with E-state index in [1.165, 1.54) is 14.2 Å².